The molecular formula is C51H32N4O. The van der Waals surface area contributed by atoms with Crippen molar-refractivity contribution in [2.45, 2.75) is 0 Å². The van der Waals surface area contributed by atoms with Crippen molar-refractivity contribution in [3.05, 3.63) is 194 Å². The molecule has 0 bridgehead atoms. The summed E-state index contributed by atoms with van der Waals surface area (Å²) in [7, 11) is 0. The molecule has 0 N–H and O–H groups in total. The van der Waals surface area contributed by atoms with Gasteiger partial charge in [-0.15, -0.1) is 0 Å². The Morgan fingerprint density at radius 3 is 1.52 bits per heavy atom. The number of aromatic nitrogens is 4. The summed E-state index contributed by atoms with van der Waals surface area (Å²) in [6, 6.07) is 67.3. The molecule has 0 unspecified atom stereocenters. The lowest BCUT2D eigenvalue weighted by Gasteiger charge is -2.11. The van der Waals surface area contributed by atoms with E-state index in [1.807, 2.05) is 42.5 Å². The molecule has 5 heteroatoms. The van der Waals surface area contributed by atoms with Crippen molar-refractivity contribution >= 4 is 43.7 Å². The number of hydrogen-bond acceptors (Lipinski definition) is 4. The van der Waals surface area contributed by atoms with E-state index in [9.17, 15) is 0 Å². The summed E-state index contributed by atoms with van der Waals surface area (Å²) < 4.78 is 9.24. The van der Waals surface area contributed by atoms with Gasteiger partial charge in [-0.25, -0.2) is 15.0 Å². The Labute approximate surface area is 322 Å². The monoisotopic (exact) mass is 716 g/mol. The first-order valence-electron chi connectivity index (χ1n) is 18.8. The third kappa shape index (κ3) is 5.29. The third-order valence-electron chi connectivity index (χ3n) is 10.7. The maximum Gasteiger partial charge on any atom is 0.164 e. The SMILES string of the molecule is c1ccc(-c2ccc(-c3nc(-c4ccccc4)nc(-c4ccc5c6ccccc6n(-c6cccc7c6oc6c(-c8ccccc8)cccc67)c5c4)n3)cc2)cc1. The maximum absolute atomic E-state index is 6.92. The Hall–Kier alpha value is -7.63. The van der Waals surface area contributed by atoms with E-state index in [1.165, 1.54) is 5.56 Å². The quantitative estimate of drug-likeness (QED) is 0.172. The van der Waals surface area contributed by atoms with Gasteiger partial charge in [0.1, 0.15) is 5.58 Å². The third-order valence-corrected chi connectivity index (χ3v) is 10.7. The van der Waals surface area contributed by atoms with E-state index in [2.05, 4.69) is 156 Å². The highest BCUT2D eigenvalue weighted by Crippen LogP contribution is 2.41. The first-order chi connectivity index (χ1) is 27.8. The highest BCUT2D eigenvalue weighted by molar-refractivity contribution is 6.14. The number of fused-ring (bicyclic) bond motifs is 6. The Morgan fingerprint density at radius 1 is 0.321 bits per heavy atom. The van der Waals surface area contributed by atoms with E-state index >= 15 is 0 Å². The second kappa shape index (κ2) is 13.0. The number of para-hydroxylation sites is 3. The summed E-state index contributed by atoms with van der Waals surface area (Å²) in [5.74, 6) is 1.85. The molecule has 0 saturated carbocycles. The molecule has 0 radical (unpaired) electrons. The molecule has 0 spiro atoms. The molecule has 0 aliphatic rings. The Kier molecular flexibility index (Phi) is 7.42. The molecule has 262 valence electrons. The molecule has 11 rings (SSSR count). The van der Waals surface area contributed by atoms with Gasteiger partial charge in [-0.3, -0.25) is 0 Å². The van der Waals surface area contributed by atoms with Gasteiger partial charge in [0.25, 0.3) is 0 Å². The van der Waals surface area contributed by atoms with Crippen LogP contribution >= 0.6 is 0 Å². The fraction of sp³-hybridized carbons (Fsp3) is 0. The highest BCUT2D eigenvalue weighted by atomic mass is 16.3. The first kappa shape index (κ1) is 31.9. The lowest BCUT2D eigenvalue weighted by Crippen LogP contribution is -2.00. The standard InChI is InChI=1S/C51H32N4O/c1-4-14-33(15-5-1)34-26-28-37(29-27-34)50-52-49(36-18-8-3-9-19-36)53-51(54-50)38-30-31-41-40-20-10-11-24-44(40)55(46(41)32-38)45-25-13-23-43-42-22-12-21-39(47(42)56-48(43)45)35-16-6-2-7-17-35/h1-32H. The van der Waals surface area contributed by atoms with Crippen molar-refractivity contribution in [3.63, 3.8) is 0 Å². The molecule has 0 saturated heterocycles. The number of nitrogens with zero attached hydrogens (tertiary/aromatic N) is 4. The van der Waals surface area contributed by atoms with E-state index in [0.717, 1.165) is 82.8 Å². The van der Waals surface area contributed by atoms with Crippen LogP contribution in [0.3, 0.4) is 0 Å². The van der Waals surface area contributed by atoms with Crippen molar-refractivity contribution < 1.29 is 4.42 Å². The minimum atomic E-state index is 0.606. The highest BCUT2D eigenvalue weighted by Gasteiger charge is 2.20. The summed E-state index contributed by atoms with van der Waals surface area (Å²) >= 11 is 0. The summed E-state index contributed by atoms with van der Waals surface area (Å²) in [4.78, 5) is 15.2. The van der Waals surface area contributed by atoms with Gasteiger partial charge in [0.15, 0.2) is 23.1 Å². The molecule has 5 nitrogen and oxygen atoms in total. The van der Waals surface area contributed by atoms with Crippen LogP contribution in [0.5, 0.6) is 0 Å². The summed E-state index contributed by atoms with van der Waals surface area (Å²) in [6.45, 7) is 0. The zero-order chi connectivity index (χ0) is 37.0. The summed E-state index contributed by atoms with van der Waals surface area (Å²) in [6.07, 6.45) is 0. The normalized spacial score (nSPS) is 11.6. The molecule has 0 aliphatic heterocycles. The lowest BCUT2D eigenvalue weighted by molar-refractivity contribution is 0.667. The van der Waals surface area contributed by atoms with Crippen LogP contribution in [-0.2, 0) is 0 Å². The average Bonchev–Trinajstić information content (AvgIpc) is 3.83. The predicted molar refractivity (Wildman–Crippen MR) is 229 cm³/mol. The van der Waals surface area contributed by atoms with Crippen molar-refractivity contribution in [3.8, 4) is 62.1 Å². The average molecular weight is 717 g/mol. The largest absolute Gasteiger partial charge is 0.453 e. The zero-order valence-electron chi connectivity index (χ0n) is 30.2. The second-order valence-corrected chi connectivity index (χ2v) is 14.0. The maximum atomic E-state index is 6.92. The first-order valence-corrected chi connectivity index (χ1v) is 18.8. The molecule has 3 aromatic heterocycles. The smallest absolute Gasteiger partial charge is 0.164 e. The topological polar surface area (TPSA) is 56.7 Å². The van der Waals surface area contributed by atoms with Gasteiger partial charge in [0.05, 0.1) is 16.7 Å². The number of hydrogen-bond donors (Lipinski definition) is 0. The minimum absolute atomic E-state index is 0.606. The van der Waals surface area contributed by atoms with Crippen molar-refractivity contribution in [1.29, 1.82) is 0 Å². The van der Waals surface area contributed by atoms with Gasteiger partial charge < -0.3 is 8.98 Å². The predicted octanol–water partition coefficient (Wildman–Crippen LogP) is 13.2. The summed E-state index contributed by atoms with van der Waals surface area (Å²) in [5.41, 5.74) is 12.1. The van der Waals surface area contributed by atoms with Crippen LogP contribution in [0.4, 0.5) is 0 Å². The molecule has 0 aliphatic carbocycles. The van der Waals surface area contributed by atoms with Crippen molar-refractivity contribution in [2.24, 2.45) is 0 Å². The van der Waals surface area contributed by atoms with Crippen LogP contribution in [0.25, 0.3) is 106 Å². The zero-order valence-corrected chi connectivity index (χ0v) is 30.2. The minimum Gasteiger partial charge on any atom is -0.453 e. The fourth-order valence-electron chi connectivity index (χ4n) is 7.99. The molecule has 3 heterocycles. The number of rotatable bonds is 6. The van der Waals surface area contributed by atoms with E-state index in [0.29, 0.717) is 17.5 Å². The van der Waals surface area contributed by atoms with Crippen LogP contribution in [0, 0.1) is 0 Å². The van der Waals surface area contributed by atoms with Crippen molar-refractivity contribution in [2.75, 3.05) is 0 Å². The van der Waals surface area contributed by atoms with Gasteiger partial charge in [-0.1, -0.05) is 176 Å². The Morgan fingerprint density at radius 2 is 0.804 bits per heavy atom. The van der Waals surface area contributed by atoms with Crippen LogP contribution in [0.1, 0.15) is 0 Å². The molecule has 0 amide bonds. The van der Waals surface area contributed by atoms with E-state index < -0.39 is 0 Å². The molecule has 11 aromatic rings. The van der Waals surface area contributed by atoms with Crippen LogP contribution in [-0.4, -0.2) is 19.5 Å². The number of benzene rings is 8. The van der Waals surface area contributed by atoms with Gasteiger partial charge in [-0.05, 0) is 34.9 Å². The van der Waals surface area contributed by atoms with E-state index in [1.54, 1.807) is 0 Å². The molecule has 0 atom stereocenters. The van der Waals surface area contributed by atoms with Crippen LogP contribution < -0.4 is 0 Å². The molecule has 56 heavy (non-hydrogen) atoms. The summed E-state index contributed by atoms with van der Waals surface area (Å²) in [5, 5.41) is 4.46. The Bertz CT molecular complexity index is 3220. The van der Waals surface area contributed by atoms with E-state index in [-0.39, 0.29) is 0 Å². The molecule has 8 aromatic carbocycles. The molecule has 0 fully saturated rings. The second-order valence-electron chi connectivity index (χ2n) is 14.0. The van der Waals surface area contributed by atoms with Gasteiger partial charge >= 0.3 is 0 Å². The fourth-order valence-corrected chi connectivity index (χ4v) is 7.99. The lowest BCUT2D eigenvalue weighted by atomic mass is 10.0. The van der Waals surface area contributed by atoms with Gasteiger partial charge in [-0.2, -0.15) is 0 Å². The van der Waals surface area contributed by atoms with Gasteiger partial charge in [0.2, 0.25) is 0 Å². The Balaban J connectivity index is 1.11. The van der Waals surface area contributed by atoms with Gasteiger partial charge in [0, 0.05) is 43.8 Å². The van der Waals surface area contributed by atoms with Crippen molar-refractivity contribution in [1.82, 2.24) is 19.5 Å². The molecular weight excluding hydrogens is 685 g/mol. The van der Waals surface area contributed by atoms with Crippen LogP contribution in [0.15, 0.2) is 199 Å². The van der Waals surface area contributed by atoms with E-state index in [4.69, 9.17) is 19.4 Å². The number of furan rings is 1. The van der Waals surface area contributed by atoms with Crippen LogP contribution in [0.2, 0.25) is 0 Å².